The zero-order valence-corrected chi connectivity index (χ0v) is 21.6. The monoisotopic (exact) mass is 416 g/mol. The summed E-state index contributed by atoms with van der Waals surface area (Å²) in [7, 11) is 0. The predicted octanol–water partition coefficient (Wildman–Crippen LogP) is 8.25. The number of rotatable bonds is 3. The molecule has 0 aromatic rings. The van der Waals surface area contributed by atoms with Gasteiger partial charge in [-0.15, -0.1) is 0 Å². The number of hydrogen-bond acceptors (Lipinski definition) is 1. The molecule has 4 aliphatic carbocycles. The molecule has 4 saturated carbocycles. The first-order valence-electron chi connectivity index (χ1n) is 13.4. The van der Waals surface area contributed by atoms with Crippen molar-refractivity contribution in [2.45, 2.75) is 132 Å². The molecule has 0 amide bonds. The van der Waals surface area contributed by atoms with Crippen molar-refractivity contribution in [3.05, 3.63) is 0 Å². The van der Waals surface area contributed by atoms with E-state index in [2.05, 4.69) is 55.4 Å². The first-order chi connectivity index (χ1) is 13.8. The average Bonchev–Trinajstić information content (AvgIpc) is 2.93. The van der Waals surface area contributed by atoms with Crippen LogP contribution in [-0.4, -0.2) is 11.2 Å². The lowest BCUT2D eigenvalue weighted by Gasteiger charge is -2.68. The third-order valence-corrected chi connectivity index (χ3v) is 12.6. The Balaban J connectivity index is 1.59. The Morgan fingerprint density at radius 2 is 1.43 bits per heavy atom. The van der Waals surface area contributed by atoms with E-state index < -0.39 is 0 Å². The first kappa shape index (κ1) is 23.1. The zero-order chi connectivity index (χ0) is 22.2. The van der Waals surface area contributed by atoms with Crippen molar-refractivity contribution in [1.29, 1.82) is 0 Å². The maximum atomic E-state index is 10.4. The highest BCUT2D eigenvalue weighted by molar-refractivity contribution is 5.17. The lowest BCUT2D eigenvalue weighted by atomic mass is 9.37. The van der Waals surface area contributed by atoms with Gasteiger partial charge in [0.2, 0.25) is 0 Å². The smallest absolute Gasteiger partial charge is 0.0543 e. The summed E-state index contributed by atoms with van der Waals surface area (Å²) in [4.78, 5) is 0. The normalized spacial score (nSPS) is 52.3. The SMILES string of the molecule is C[C@H](CCC(C)(C)C)[C@@]1(C)CC[C@H]2[C@@H]3CC[C@@H]4C[C@H](O)CC[C@]4(C)[C@@]3(C)CC[C@@]21C. The van der Waals surface area contributed by atoms with Crippen LogP contribution in [0.5, 0.6) is 0 Å². The van der Waals surface area contributed by atoms with Crippen molar-refractivity contribution < 1.29 is 5.11 Å². The lowest BCUT2D eigenvalue weighted by molar-refractivity contribution is -0.195. The molecule has 0 aliphatic heterocycles. The van der Waals surface area contributed by atoms with Crippen LogP contribution in [0.25, 0.3) is 0 Å². The van der Waals surface area contributed by atoms with E-state index >= 15 is 0 Å². The van der Waals surface area contributed by atoms with Gasteiger partial charge in [0.15, 0.2) is 0 Å². The van der Waals surface area contributed by atoms with Crippen LogP contribution in [-0.2, 0) is 0 Å². The van der Waals surface area contributed by atoms with E-state index in [0.29, 0.717) is 27.1 Å². The Hall–Kier alpha value is -0.0400. The largest absolute Gasteiger partial charge is 0.393 e. The van der Waals surface area contributed by atoms with Gasteiger partial charge in [0.25, 0.3) is 0 Å². The van der Waals surface area contributed by atoms with Crippen LogP contribution in [0.2, 0.25) is 0 Å². The molecule has 0 unspecified atom stereocenters. The molecule has 9 atom stereocenters. The van der Waals surface area contributed by atoms with Gasteiger partial charge in [-0.25, -0.2) is 0 Å². The van der Waals surface area contributed by atoms with Crippen LogP contribution in [0.3, 0.4) is 0 Å². The summed E-state index contributed by atoms with van der Waals surface area (Å²) in [6.07, 6.45) is 14.7. The van der Waals surface area contributed by atoms with Crippen molar-refractivity contribution in [2.75, 3.05) is 0 Å². The quantitative estimate of drug-likeness (QED) is 0.491. The standard InChI is InChI=1S/C29H52O/c1-20(11-14-25(2,3)4)26(5)16-13-24-23-10-9-21-19-22(30)12-15-27(21,6)29(23,8)18-17-28(24,26)7/h20-24,30H,9-19H2,1-8H3/t20-,21-,22-,23+,24+,26-,27+,28+,29+/m1/s1. The van der Waals surface area contributed by atoms with Crippen molar-refractivity contribution >= 4 is 0 Å². The maximum absolute atomic E-state index is 10.4. The maximum Gasteiger partial charge on any atom is 0.0543 e. The Morgan fingerprint density at radius 1 is 0.800 bits per heavy atom. The van der Waals surface area contributed by atoms with E-state index in [4.69, 9.17) is 0 Å². The van der Waals surface area contributed by atoms with Crippen LogP contribution in [0.1, 0.15) is 126 Å². The molecule has 1 nitrogen and oxygen atoms in total. The van der Waals surface area contributed by atoms with E-state index in [1.54, 1.807) is 0 Å². The fourth-order valence-electron chi connectivity index (χ4n) is 9.70. The minimum absolute atomic E-state index is 0.0319. The summed E-state index contributed by atoms with van der Waals surface area (Å²) in [5, 5.41) is 10.4. The molecule has 0 bridgehead atoms. The molecule has 0 spiro atoms. The average molecular weight is 417 g/mol. The Labute approximate surface area is 188 Å². The van der Waals surface area contributed by atoms with Gasteiger partial charge in [-0.2, -0.15) is 0 Å². The molecule has 1 N–H and O–H groups in total. The highest BCUT2D eigenvalue weighted by atomic mass is 16.3. The van der Waals surface area contributed by atoms with E-state index in [0.717, 1.165) is 36.5 Å². The second kappa shape index (κ2) is 7.23. The molecule has 4 fully saturated rings. The molecule has 4 rings (SSSR count). The fourth-order valence-corrected chi connectivity index (χ4v) is 9.70. The molecule has 0 heterocycles. The molecule has 0 saturated heterocycles. The molecular weight excluding hydrogens is 364 g/mol. The Kier molecular flexibility index (Phi) is 5.57. The fraction of sp³-hybridized carbons (Fsp3) is 1.00. The van der Waals surface area contributed by atoms with Crippen LogP contribution in [0.15, 0.2) is 0 Å². The molecular formula is C29H52O. The van der Waals surface area contributed by atoms with Gasteiger partial charge in [-0.3, -0.25) is 0 Å². The van der Waals surface area contributed by atoms with Gasteiger partial charge in [0.05, 0.1) is 6.10 Å². The third kappa shape index (κ3) is 3.18. The topological polar surface area (TPSA) is 20.2 Å². The number of aliphatic hydroxyl groups is 1. The summed E-state index contributed by atoms with van der Waals surface area (Å²) in [6.45, 7) is 20.6. The molecule has 0 aromatic heterocycles. The van der Waals surface area contributed by atoms with Gasteiger partial charge in [-0.05, 0) is 121 Å². The molecule has 174 valence electrons. The van der Waals surface area contributed by atoms with Gasteiger partial charge < -0.3 is 5.11 Å². The second-order valence-corrected chi connectivity index (χ2v) is 14.6. The zero-order valence-electron chi connectivity index (χ0n) is 21.6. The van der Waals surface area contributed by atoms with E-state index in [1.165, 1.54) is 57.8 Å². The van der Waals surface area contributed by atoms with Crippen LogP contribution < -0.4 is 0 Å². The Morgan fingerprint density at radius 3 is 2.10 bits per heavy atom. The summed E-state index contributed by atoms with van der Waals surface area (Å²) < 4.78 is 0. The van der Waals surface area contributed by atoms with E-state index in [9.17, 15) is 5.11 Å². The van der Waals surface area contributed by atoms with Gasteiger partial charge >= 0.3 is 0 Å². The van der Waals surface area contributed by atoms with Crippen LogP contribution in [0, 0.1) is 50.7 Å². The van der Waals surface area contributed by atoms with E-state index in [-0.39, 0.29) is 6.10 Å². The highest BCUT2D eigenvalue weighted by Crippen LogP contribution is 2.75. The summed E-state index contributed by atoms with van der Waals surface area (Å²) in [6, 6.07) is 0. The van der Waals surface area contributed by atoms with Gasteiger partial charge in [0.1, 0.15) is 0 Å². The van der Waals surface area contributed by atoms with Crippen LogP contribution >= 0.6 is 0 Å². The predicted molar refractivity (Wildman–Crippen MR) is 128 cm³/mol. The van der Waals surface area contributed by atoms with Gasteiger partial charge in [0, 0.05) is 0 Å². The molecule has 0 radical (unpaired) electrons. The number of aliphatic hydroxyl groups excluding tert-OH is 1. The molecule has 0 aromatic carbocycles. The Bertz CT molecular complexity index is 647. The van der Waals surface area contributed by atoms with Crippen molar-refractivity contribution in [3.8, 4) is 0 Å². The summed E-state index contributed by atoms with van der Waals surface area (Å²) in [5.74, 6) is 3.41. The third-order valence-electron chi connectivity index (χ3n) is 12.6. The highest BCUT2D eigenvalue weighted by Gasteiger charge is 2.68. The molecule has 4 aliphatic rings. The summed E-state index contributed by atoms with van der Waals surface area (Å²) in [5.41, 5.74) is 2.41. The minimum atomic E-state index is -0.0319. The molecule has 1 heteroatoms. The van der Waals surface area contributed by atoms with E-state index in [1.807, 2.05) is 0 Å². The summed E-state index contributed by atoms with van der Waals surface area (Å²) >= 11 is 0. The lowest BCUT2D eigenvalue weighted by Crippen LogP contribution is -2.61. The number of hydrogen-bond donors (Lipinski definition) is 1. The minimum Gasteiger partial charge on any atom is -0.393 e. The van der Waals surface area contributed by atoms with Crippen molar-refractivity contribution in [1.82, 2.24) is 0 Å². The van der Waals surface area contributed by atoms with Crippen molar-refractivity contribution in [2.24, 2.45) is 50.7 Å². The number of fused-ring (bicyclic) bond motifs is 5. The van der Waals surface area contributed by atoms with Crippen LogP contribution in [0.4, 0.5) is 0 Å². The first-order valence-corrected chi connectivity index (χ1v) is 13.4. The molecule has 30 heavy (non-hydrogen) atoms. The van der Waals surface area contributed by atoms with Gasteiger partial charge in [-0.1, -0.05) is 55.4 Å². The second-order valence-electron chi connectivity index (χ2n) is 14.6. The van der Waals surface area contributed by atoms with Crippen molar-refractivity contribution in [3.63, 3.8) is 0 Å².